The molecule has 0 unspecified atom stereocenters. The molecule has 0 fully saturated rings. The molecule has 0 aliphatic rings. The van der Waals surface area contributed by atoms with Crippen LogP contribution in [0.1, 0.15) is 5.69 Å². The second-order valence-electron chi connectivity index (χ2n) is 2.96. The van der Waals surface area contributed by atoms with Crippen molar-refractivity contribution in [3.8, 4) is 11.3 Å². The SMILES string of the molecule is NCc1ncoc1-c1ccc(Cl)c(F)c1. The fourth-order valence-corrected chi connectivity index (χ4v) is 1.40. The molecule has 5 heteroatoms. The van der Waals surface area contributed by atoms with Crippen LogP contribution in [0, 0.1) is 5.82 Å². The molecule has 2 N–H and O–H groups in total. The van der Waals surface area contributed by atoms with Crippen molar-refractivity contribution < 1.29 is 8.81 Å². The Balaban J connectivity index is 2.50. The first-order valence-corrected chi connectivity index (χ1v) is 4.68. The monoisotopic (exact) mass is 226 g/mol. The predicted molar refractivity (Wildman–Crippen MR) is 54.8 cm³/mol. The number of nitrogens with zero attached hydrogens (tertiary/aromatic N) is 1. The minimum atomic E-state index is -0.492. The number of hydrogen-bond donors (Lipinski definition) is 1. The molecule has 0 aliphatic heterocycles. The molecule has 0 aliphatic carbocycles. The van der Waals surface area contributed by atoms with Crippen LogP contribution < -0.4 is 5.73 Å². The molecule has 0 amide bonds. The van der Waals surface area contributed by atoms with Crippen LogP contribution in [0.15, 0.2) is 29.0 Å². The Morgan fingerprint density at radius 2 is 2.27 bits per heavy atom. The average Bonchev–Trinajstić information content (AvgIpc) is 2.70. The molecule has 0 spiro atoms. The van der Waals surface area contributed by atoms with E-state index in [0.29, 0.717) is 17.0 Å². The maximum Gasteiger partial charge on any atom is 0.181 e. The Kier molecular flexibility index (Phi) is 2.70. The van der Waals surface area contributed by atoms with Gasteiger partial charge >= 0.3 is 0 Å². The van der Waals surface area contributed by atoms with E-state index in [2.05, 4.69) is 4.98 Å². The molecular formula is C10H8ClFN2O. The van der Waals surface area contributed by atoms with Crippen molar-refractivity contribution in [1.29, 1.82) is 0 Å². The normalized spacial score (nSPS) is 10.6. The summed E-state index contributed by atoms with van der Waals surface area (Å²) < 4.78 is 18.3. The van der Waals surface area contributed by atoms with E-state index < -0.39 is 5.82 Å². The summed E-state index contributed by atoms with van der Waals surface area (Å²) in [6.07, 6.45) is 1.28. The van der Waals surface area contributed by atoms with E-state index in [1.165, 1.54) is 18.5 Å². The van der Waals surface area contributed by atoms with Crippen molar-refractivity contribution in [2.75, 3.05) is 0 Å². The number of rotatable bonds is 2. The van der Waals surface area contributed by atoms with Crippen LogP contribution >= 0.6 is 11.6 Å². The largest absolute Gasteiger partial charge is 0.443 e. The number of halogens is 2. The van der Waals surface area contributed by atoms with Gasteiger partial charge in [0.15, 0.2) is 12.2 Å². The standard InChI is InChI=1S/C10H8ClFN2O/c11-7-2-1-6(3-8(7)12)10-9(4-13)14-5-15-10/h1-3,5H,4,13H2. The van der Waals surface area contributed by atoms with Gasteiger partial charge in [-0.1, -0.05) is 11.6 Å². The molecule has 2 aromatic rings. The summed E-state index contributed by atoms with van der Waals surface area (Å²) in [5.74, 6) is -0.0124. The van der Waals surface area contributed by atoms with E-state index in [1.807, 2.05) is 0 Å². The maximum absolute atomic E-state index is 13.2. The van der Waals surface area contributed by atoms with E-state index in [0.717, 1.165) is 0 Å². The second-order valence-corrected chi connectivity index (χ2v) is 3.37. The van der Waals surface area contributed by atoms with Gasteiger partial charge in [-0.05, 0) is 18.2 Å². The lowest BCUT2D eigenvalue weighted by Gasteiger charge is -2.00. The second kappa shape index (κ2) is 4.00. The summed E-state index contributed by atoms with van der Waals surface area (Å²) in [6.45, 7) is 0.246. The lowest BCUT2D eigenvalue weighted by Crippen LogP contribution is -1.98. The van der Waals surface area contributed by atoms with Gasteiger partial charge in [0.05, 0.1) is 5.02 Å². The van der Waals surface area contributed by atoms with E-state index >= 15 is 0 Å². The Morgan fingerprint density at radius 1 is 1.47 bits per heavy atom. The van der Waals surface area contributed by atoms with Gasteiger partial charge < -0.3 is 10.2 Å². The first kappa shape index (κ1) is 10.1. The molecule has 0 bridgehead atoms. The molecule has 1 aromatic heterocycles. The summed E-state index contributed by atoms with van der Waals surface area (Å²) in [5.41, 5.74) is 6.63. The van der Waals surface area contributed by atoms with Crippen molar-refractivity contribution >= 4 is 11.6 Å². The minimum Gasteiger partial charge on any atom is -0.443 e. The first-order valence-electron chi connectivity index (χ1n) is 4.30. The van der Waals surface area contributed by atoms with E-state index in [-0.39, 0.29) is 11.6 Å². The molecule has 3 nitrogen and oxygen atoms in total. The highest BCUT2D eigenvalue weighted by atomic mass is 35.5. The summed E-state index contributed by atoms with van der Waals surface area (Å²) in [7, 11) is 0. The molecule has 1 heterocycles. The molecular weight excluding hydrogens is 219 g/mol. The highest BCUT2D eigenvalue weighted by molar-refractivity contribution is 6.30. The molecule has 1 aromatic carbocycles. The van der Waals surface area contributed by atoms with Gasteiger partial charge in [-0.2, -0.15) is 0 Å². The Hall–Kier alpha value is -1.39. The topological polar surface area (TPSA) is 52.0 Å². The van der Waals surface area contributed by atoms with Crippen LogP contribution in [-0.4, -0.2) is 4.98 Å². The summed E-state index contributed by atoms with van der Waals surface area (Å²) in [4.78, 5) is 3.92. The maximum atomic E-state index is 13.2. The summed E-state index contributed by atoms with van der Waals surface area (Å²) in [5, 5.41) is 0.0764. The fraction of sp³-hybridized carbons (Fsp3) is 0.100. The molecule has 0 atom stereocenters. The van der Waals surface area contributed by atoms with Crippen LogP contribution in [0.5, 0.6) is 0 Å². The molecule has 15 heavy (non-hydrogen) atoms. The van der Waals surface area contributed by atoms with Gasteiger partial charge in [0.2, 0.25) is 0 Å². The quantitative estimate of drug-likeness (QED) is 0.856. The third kappa shape index (κ3) is 1.86. The Morgan fingerprint density at radius 3 is 2.93 bits per heavy atom. The van der Waals surface area contributed by atoms with E-state index in [4.69, 9.17) is 21.8 Å². The molecule has 78 valence electrons. The zero-order chi connectivity index (χ0) is 10.8. The number of nitrogens with two attached hydrogens (primary N) is 1. The van der Waals surface area contributed by atoms with Gasteiger partial charge in [-0.25, -0.2) is 9.37 Å². The Labute approximate surface area is 90.7 Å². The zero-order valence-corrected chi connectivity index (χ0v) is 8.46. The third-order valence-corrected chi connectivity index (χ3v) is 2.32. The van der Waals surface area contributed by atoms with Crippen molar-refractivity contribution in [2.24, 2.45) is 5.73 Å². The van der Waals surface area contributed by atoms with Crippen LogP contribution in [0.2, 0.25) is 5.02 Å². The first-order chi connectivity index (χ1) is 7.22. The third-order valence-electron chi connectivity index (χ3n) is 2.02. The number of oxazole rings is 1. The van der Waals surface area contributed by atoms with Crippen molar-refractivity contribution in [2.45, 2.75) is 6.54 Å². The van der Waals surface area contributed by atoms with Crippen molar-refractivity contribution in [3.05, 3.63) is 41.1 Å². The van der Waals surface area contributed by atoms with E-state index in [1.54, 1.807) is 6.07 Å². The number of aromatic nitrogens is 1. The van der Waals surface area contributed by atoms with Crippen molar-refractivity contribution in [1.82, 2.24) is 4.98 Å². The van der Waals surface area contributed by atoms with Crippen LogP contribution in [0.3, 0.4) is 0 Å². The van der Waals surface area contributed by atoms with Crippen LogP contribution in [-0.2, 0) is 6.54 Å². The lowest BCUT2D eigenvalue weighted by atomic mass is 10.1. The summed E-state index contributed by atoms with van der Waals surface area (Å²) in [6, 6.07) is 4.42. The van der Waals surface area contributed by atoms with Crippen LogP contribution in [0.25, 0.3) is 11.3 Å². The number of benzene rings is 1. The van der Waals surface area contributed by atoms with Gasteiger partial charge in [0, 0.05) is 12.1 Å². The lowest BCUT2D eigenvalue weighted by molar-refractivity contribution is 0.569. The number of hydrogen-bond acceptors (Lipinski definition) is 3. The molecule has 0 saturated heterocycles. The zero-order valence-electron chi connectivity index (χ0n) is 7.71. The fourth-order valence-electron chi connectivity index (χ4n) is 1.29. The molecule has 0 saturated carbocycles. The van der Waals surface area contributed by atoms with E-state index in [9.17, 15) is 4.39 Å². The molecule has 0 radical (unpaired) electrons. The highest BCUT2D eigenvalue weighted by Crippen LogP contribution is 2.26. The predicted octanol–water partition coefficient (Wildman–Crippen LogP) is 2.59. The molecule has 2 rings (SSSR count). The highest BCUT2D eigenvalue weighted by Gasteiger charge is 2.11. The Bertz CT molecular complexity index is 484. The van der Waals surface area contributed by atoms with Gasteiger partial charge in [0.25, 0.3) is 0 Å². The van der Waals surface area contributed by atoms with Crippen LogP contribution in [0.4, 0.5) is 4.39 Å². The van der Waals surface area contributed by atoms with Gasteiger partial charge in [0.1, 0.15) is 11.5 Å². The summed E-state index contributed by atoms with van der Waals surface area (Å²) >= 11 is 5.57. The smallest absolute Gasteiger partial charge is 0.181 e. The average molecular weight is 227 g/mol. The van der Waals surface area contributed by atoms with Crippen molar-refractivity contribution in [3.63, 3.8) is 0 Å². The minimum absolute atomic E-state index is 0.0764. The van der Waals surface area contributed by atoms with Gasteiger partial charge in [-0.15, -0.1) is 0 Å². The van der Waals surface area contributed by atoms with Gasteiger partial charge in [-0.3, -0.25) is 0 Å².